The van der Waals surface area contributed by atoms with Gasteiger partial charge in [-0.25, -0.2) is 8.42 Å². The third-order valence-electron chi connectivity index (χ3n) is 6.41. The van der Waals surface area contributed by atoms with Gasteiger partial charge in [-0.3, -0.25) is 4.79 Å². The molecule has 0 bridgehead atoms. The number of hydrogen-bond donors (Lipinski definition) is 2. The number of carboxylic acid groups (broad SMARTS) is 1. The molecule has 0 aliphatic rings. The van der Waals surface area contributed by atoms with Crippen LogP contribution in [-0.4, -0.2) is 32.6 Å². The summed E-state index contributed by atoms with van der Waals surface area (Å²) >= 11 is 0. The molecule has 4 aromatic rings. The molecule has 1 aromatic heterocycles. The van der Waals surface area contributed by atoms with Crippen molar-refractivity contribution < 1.29 is 32.2 Å². The zero-order valence-electron chi connectivity index (χ0n) is 21.9. The Morgan fingerprint density at radius 3 is 2.21 bits per heavy atom. The van der Waals surface area contributed by atoms with Crippen LogP contribution in [-0.2, 0) is 21.4 Å². The molecule has 202 valence electrons. The fourth-order valence-electron chi connectivity index (χ4n) is 4.22. The van der Waals surface area contributed by atoms with Crippen LogP contribution in [0.4, 0.5) is 0 Å². The lowest BCUT2D eigenvalue weighted by Crippen LogP contribution is -2.44. The number of nitrogens with one attached hydrogen (secondary N) is 1. The second kappa shape index (κ2) is 11.2. The molecule has 9 nitrogen and oxygen atoms in total. The van der Waals surface area contributed by atoms with Crippen molar-refractivity contribution in [3.8, 4) is 28.7 Å². The van der Waals surface area contributed by atoms with Crippen molar-refractivity contribution in [2.75, 3.05) is 7.11 Å². The van der Waals surface area contributed by atoms with Crippen LogP contribution in [0.5, 0.6) is 11.5 Å². The standard InChI is InChI=1S/C29H28N2O7S/c1-17(2)27(29(32)33)31-39(34,35)23-12-7-20(8-13-23)19-5-10-22(11-6-19)37-16-25-18(3)26-24(38-25)14-9-21(15-30)28(26)36-4/h5-14,17,27,31H,16H2,1-4H3,(H,32,33). The quantitative estimate of drug-likeness (QED) is 0.274. The summed E-state index contributed by atoms with van der Waals surface area (Å²) in [4.78, 5) is 11.4. The first kappa shape index (κ1) is 27.7. The minimum Gasteiger partial charge on any atom is -0.495 e. The van der Waals surface area contributed by atoms with Crippen LogP contribution in [0, 0.1) is 24.2 Å². The highest BCUT2D eigenvalue weighted by molar-refractivity contribution is 7.89. The Hall–Kier alpha value is -4.33. The van der Waals surface area contributed by atoms with Crippen molar-refractivity contribution in [3.05, 3.63) is 77.6 Å². The van der Waals surface area contributed by atoms with Gasteiger partial charge < -0.3 is 19.0 Å². The van der Waals surface area contributed by atoms with Gasteiger partial charge in [0.1, 0.15) is 41.6 Å². The van der Waals surface area contributed by atoms with E-state index >= 15 is 0 Å². The van der Waals surface area contributed by atoms with E-state index in [2.05, 4.69) is 10.8 Å². The van der Waals surface area contributed by atoms with Gasteiger partial charge in [-0.2, -0.15) is 9.98 Å². The summed E-state index contributed by atoms with van der Waals surface area (Å²) in [5, 5.41) is 19.4. The van der Waals surface area contributed by atoms with Crippen LogP contribution in [0.2, 0.25) is 0 Å². The van der Waals surface area contributed by atoms with Crippen LogP contribution >= 0.6 is 0 Å². The van der Waals surface area contributed by atoms with E-state index in [0.717, 1.165) is 22.1 Å². The van der Waals surface area contributed by atoms with E-state index in [4.69, 9.17) is 13.9 Å². The normalized spacial score (nSPS) is 12.3. The molecule has 1 unspecified atom stereocenters. The number of carbonyl (C=O) groups is 1. The highest BCUT2D eigenvalue weighted by atomic mass is 32.2. The lowest BCUT2D eigenvalue weighted by atomic mass is 10.1. The Kier molecular flexibility index (Phi) is 7.95. The fraction of sp³-hybridized carbons (Fsp3) is 0.241. The van der Waals surface area contributed by atoms with Crippen LogP contribution in [0.3, 0.4) is 0 Å². The van der Waals surface area contributed by atoms with Crippen molar-refractivity contribution in [3.63, 3.8) is 0 Å². The van der Waals surface area contributed by atoms with Crippen LogP contribution in [0.1, 0.15) is 30.7 Å². The summed E-state index contributed by atoms with van der Waals surface area (Å²) < 4.78 is 44.9. The topological polar surface area (TPSA) is 139 Å². The van der Waals surface area contributed by atoms with E-state index < -0.39 is 28.0 Å². The Morgan fingerprint density at radius 2 is 1.67 bits per heavy atom. The van der Waals surface area contributed by atoms with Crippen LogP contribution < -0.4 is 14.2 Å². The summed E-state index contributed by atoms with van der Waals surface area (Å²) in [6.07, 6.45) is 0. The minimum absolute atomic E-state index is 0.0159. The molecule has 0 fully saturated rings. The zero-order chi connectivity index (χ0) is 28.3. The van der Waals surface area contributed by atoms with Gasteiger partial charge in [0.05, 0.1) is 23.0 Å². The summed E-state index contributed by atoms with van der Waals surface area (Å²) in [5.74, 6) is 0.0711. The molecule has 0 spiro atoms. The van der Waals surface area contributed by atoms with Crippen molar-refractivity contribution in [2.45, 2.75) is 38.3 Å². The molecule has 1 atom stereocenters. The number of aryl methyl sites for hydroxylation is 1. The van der Waals surface area contributed by atoms with Gasteiger partial charge in [-0.1, -0.05) is 38.1 Å². The van der Waals surface area contributed by atoms with E-state index in [-0.39, 0.29) is 11.5 Å². The Bertz CT molecular complexity index is 1650. The van der Waals surface area contributed by atoms with E-state index in [1.165, 1.54) is 19.2 Å². The highest BCUT2D eigenvalue weighted by Crippen LogP contribution is 2.36. The van der Waals surface area contributed by atoms with Crippen molar-refractivity contribution in [1.29, 1.82) is 5.26 Å². The summed E-state index contributed by atoms with van der Waals surface area (Å²) in [5.41, 5.74) is 3.51. The molecule has 1 heterocycles. The first-order chi connectivity index (χ1) is 18.6. The number of nitriles is 1. The fourth-order valence-corrected chi connectivity index (χ4v) is 5.55. The average molecular weight is 549 g/mol. The Labute approximate surface area is 226 Å². The number of carboxylic acids is 1. The molecule has 0 aliphatic carbocycles. The molecule has 3 aromatic carbocycles. The first-order valence-electron chi connectivity index (χ1n) is 12.1. The average Bonchev–Trinajstić information content (AvgIpc) is 3.25. The van der Waals surface area contributed by atoms with Crippen molar-refractivity contribution in [2.24, 2.45) is 5.92 Å². The number of benzene rings is 3. The van der Waals surface area contributed by atoms with E-state index in [1.807, 2.05) is 19.1 Å². The number of fused-ring (bicyclic) bond motifs is 1. The third-order valence-corrected chi connectivity index (χ3v) is 7.86. The number of aliphatic carboxylic acids is 1. The largest absolute Gasteiger partial charge is 0.495 e. The second-order valence-electron chi connectivity index (χ2n) is 9.30. The zero-order valence-corrected chi connectivity index (χ0v) is 22.7. The van der Waals surface area contributed by atoms with E-state index in [1.54, 1.807) is 50.2 Å². The van der Waals surface area contributed by atoms with Gasteiger partial charge in [-0.05, 0) is 60.4 Å². The number of nitrogens with zero attached hydrogens (tertiary/aromatic N) is 1. The first-order valence-corrected chi connectivity index (χ1v) is 13.6. The van der Waals surface area contributed by atoms with Gasteiger partial charge in [0.15, 0.2) is 0 Å². The summed E-state index contributed by atoms with van der Waals surface area (Å²) in [6, 6.07) is 17.8. The number of furan rings is 1. The maximum atomic E-state index is 12.7. The van der Waals surface area contributed by atoms with Crippen molar-refractivity contribution in [1.82, 2.24) is 4.72 Å². The molecule has 0 radical (unpaired) electrons. The highest BCUT2D eigenvalue weighted by Gasteiger charge is 2.28. The van der Waals surface area contributed by atoms with E-state index in [9.17, 15) is 23.6 Å². The van der Waals surface area contributed by atoms with E-state index in [0.29, 0.717) is 28.4 Å². The van der Waals surface area contributed by atoms with Gasteiger partial charge >= 0.3 is 5.97 Å². The maximum Gasteiger partial charge on any atom is 0.322 e. The lowest BCUT2D eigenvalue weighted by Gasteiger charge is -2.18. The number of rotatable bonds is 10. The molecule has 2 N–H and O–H groups in total. The van der Waals surface area contributed by atoms with Crippen molar-refractivity contribution >= 4 is 27.0 Å². The van der Waals surface area contributed by atoms with Crippen LogP contribution in [0.25, 0.3) is 22.1 Å². The molecule has 0 amide bonds. The number of hydrogen-bond acceptors (Lipinski definition) is 7. The second-order valence-corrected chi connectivity index (χ2v) is 11.0. The maximum absolute atomic E-state index is 12.7. The molecular weight excluding hydrogens is 520 g/mol. The smallest absolute Gasteiger partial charge is 0.322 e. The molecule has 4 rings (SSSR count). The minimum atomic E-state index is -3.99. The molecule has 0 saturated carbocycles. The number of methoxy groups -OCH3 is 1. The monoisotopic (exact) mass is 548 g/mol. The SMILES string of the molecule is COc1c(C#N)ccc2oc(COc3ccc(-c4ccc(S(=O)(=O)NC(C(=O)O)C(C)C)cc4)cc3)c(C)c12. The third kappa shape index (κ3) is 5.74. The predicted octanol–water partition coefficient (Wildman–Crippen LogP) is 5.26. The molecular formula is C29H28N2O7S. The molecule has 0 aliphatic heterocycles. The van der Waals surface area contributed by atoms with Gasteiger partial charge in [-0.15, -0.1) is 0 Å². The lowest BCUT2D eigenvalue weighted by molar-refractivity contribution is -0.140. The van der Waals surface area contributed by atoms with Gasteiger partial charge in [0.2, 0.25) is 10.0 Å². The predicted molar refractivity (Wildman–Crippen MR) is 145 cm³/mol. The number of ether oxygens (including phenoxy) is 2. The van der Waals surface area contributed by atoms with Gasteiger partial charge in [0.25, 0.3) is 0 Å². The molecule has 39 heavy (non-hydrogen) atoms. The van der Waals surface area contributed by atoms with Gasteiger partial charge in [0, 0.05) is 5.56 Å². The van der Waals surface area contributed by atoms with Crippen LogP contribution in [0.15, 0.2) is 70.0 Å². The Morgan fingerprint density at radius 1 is 1.05 bits per heavy atom. The summed E-state index contributed by atoms with van der Waals surface area (Å²) in [7, 11) is -2.48. The summed E-state index contributed by atoms with van der Waals surface area (Å²) in [6.45, 7) is 5.34. The molecule has 0 saturated heterocycles. The molecule has 10 heteroatoms. The Balaban J connectivity index is 1.46. The number of sulfonamides is 1.